The monoisotopic (exact) mass is 498 g/mol. The molecule has 7 nitrogen and oxygen atoms in total. The van der Waals surface area contributed by atoms with Gasteiger partial charge in [0.15, 0.2) is 0 Å². The van der Waals surface area contributed by atoms with Crippen molar-refractivity contribution < 1.29 is 34.7 Å². The van der Waals surface area contributed by atoms with Gasteiger partial charge in [0.2, 0.25) is 10.0 Å². The number of ether oxygens (including phenoxy) is 1. The molecule has 0 bridgehead atoms. The van der Waals surface area contributed by atoms with Gasteiger partial charge in [0, 0.05) is 11.6 Å². The Balaban J connectivity index is 2.08. The van der Waals surface area contributed by atoms with E-state index in [1.807, 2.05) is 4.72 Å². The predicted octanol–water partition coefficient (Wildman–Crippen LogP) is 4.10. The van der Waals surface area contributed by atoms with E-state index < -0.39 is 42.4 Å². The molecule has 0 spiro atoms. The lowest BCUT2D eigenvalue weighted by atomic mass is 10.2. The first-order chi connectivity index (χ1) is 14.3. The molecule has 1 fully saturated rings. The number of halogens is 4. The molecule has 0 saturated carbocycles. The van der Waals surface area contributed by atoms with Gasteiger partial charge in [0.05, 0.1) is 29.8 Å². The van der Waals surface area contributed by atoms with Crippen LogP contribution in [0.1, 0.15) is 18.4 Å². The third-order valence-corrected chi connectivity index (χ3v) is 8.10. The summed E-state index contributed by atoms with van der Waals surface area (Å²) in [5.74, 6) is -0.243. The largest absolute Gasteiger partial charge is 0.495 e. The van der Waals surface area contributed by atoms with Crippen LogP contribution in [0.4, 0.5) is 24.5 Å². The van der Waals surface area contributed by atoms with E-state index in [1.165, 1.54) is 19.2 Å². The molecule has 0 aromatic heterocycles. The smallest absolute Gasteiger partial charge is 0.418 e. The van der Waals surface area contributed by atoms with Gasteiger partial charge < -0.3 is 4.74 Å². The summed E-state index contributed by atoms with van der Waals surface area (Å²) in [7, 11) is -7.03. The van der Waals surface area contributed by atoms with Gasteiger partial charge in [-0.3, -0.25) is 9.03 Å². The Bertz CT molecular complexity index is 1200. The van der Waals surface area contributed by atoms with E-state index in [0.717, 1.165) is 22.5 Å². The third kappa shape index (κ3) is 5.01. The molecule has 31 heavy (non-hydrogen) atoms. The molecule has 2 aromatic carbocycles. The molecule has 1 aliphatic rings. The number of nitrogens with zero attached hydrogens (tertiary/aromatic N) is 1. The van der Waals surface area contributed by atoms with Gasteiger partial charge in [-0.05, 0) is 49.2 Å². The molecule has 0 amide bonds. The van der Waals surface area contributed by atoms with Crippen molar-refractivity contribution in [1.82, 2.24) is 0 Å². The fraction of sp³-hybridized carbons (Fsp3) is 0.333. The highest BCUT2D eigenvalue weighted by atomic mass is 35.5. The lowest BCUT2D eigenvalue weighted by Gasteiger charge is -2.28. The fourth-order valence-electron chi connectivity index (χ4n) is 3.15. The minimum Gasteiger partial charge on any atom is -0.495 e. The summed E-state index contributed by atoms with van der Waals surface area (Å²) in [5.41, 5.74) is -1.92. The summed E-state index contributed by atoms with van der Waals surface area (Å²) in [5, 5.41) is -0.217. The van der Waals surface area contributed by atoms with Crippen molar-refractivity contribution >= 4 is 43.0 Å². The quantitative estimate of drug-likeness (QED) is 0.670. The van der Waals surface area contributed by atoms with Crippen LogP contribution in [0.3, 0.4) is 0 Å². The van der Waals surface area contributed by atoms with E-state index in [-0.39, 0.29) is 28.8 Å². The summed E-state index contributed by atoms with van der Waals surface area (Å²) in [6, 6.07) is 6.31. The van der Waals surface area contributed by atoms with Gasteiger partial charge in [0.25, 0.3) is 10.0 Å². The summed E-state index contributed by atoms with van der Waals surface area (Å²) < 4.78 is 98.8. The second kappa shape index (κ2) is 8.40. The Hall–Kier alpha value is -2.18. The van der Waals surface area contributed by atoms with Crippen LogP contribution in [-0.2, 0) is 26.2 Å². The van der Waals surface area contributed by atoms with Crippen LogP contribution in [0.5, 0.6) is 5.75 Å². The lowest BCUT2D eigenvalue weighted by molar-refractivity contribution is -0.136. The van der Waals surface area contributed by atoms with E-state index >= 15 is 0 Å². The SMILES string of the molecule is COc1ccc(N2CCCCS2(=O)=O)cc1S(=O)(=O)Nc1ccc(Cl)cc1C(F)(F)F. The van der Waals surface area contributed by atoms with Gasteiger partial charge >= 0.3 is 6.18 Å². The van der Waals surface area contributed by atoms with Crippen molar-refractivity contribution in [1.29, 1.82) is 0 Å². The van der Waals surface area contributed by atoms with E-state index in [9.17, 15) is 30.0 Å². The minimum atomic E-state index is -4.86. The van der Waals surface area contributed by atoms with Crippen LogP contribution < -0.4 is 13.8 Å². The number of hydrogen-bond acceptors (Lipinski definition) is 5. The van der Waals surface area contributed by atoms with Gasteiger partial charge in [-0.25, -0.2) is 16.8 Å². The highest BCUT2D eigenvalue weighted by Gasteiger charge is 2.36. The first kappa shape index (κ1) is 23.5. The number of alkyl halides is 3. The molecular weight excluding hydrogens is 481 g/mol. The van der Waals surface area contributed by atoms with Crippen molar-refractivity contribution in [2.45, 2.75) is 23.9 Å². The van der Waals surface area contributed by atoms with Crippen LogP contribution in [0, 0.1) is 0 Å². The van der Waals surface area contributed by atoms with Crippen LogP contribution in [-0.4, -0.2) is 36.2 Å². The molecule has 13 heteroatoms. The lowest BCUT2D eigenvalue weighted by Crippen LogP contribution is -2.37. The Morgan fingerprint density at radius 1 is 1.13 bits per heavy atom. The summed E-state index contributed by atoms with van der Waals surface area (Å²) in [6.07, 6.45) is -3.79. The number of hydrogen-bond donors (Lipinski definition) is 1. The molecule has 0 atom stereocenters. The van der Waals surface area contributed by atoms with Gasteiger partial charge in [-0.1, -0.05) is 11.6 Å². The van der Waals surface area contributed by atoms with E-state index in [1.54, 1.807) is 0 Å². The van der Waals surface area contributed by atoms with Gasteiger partial charge in [0.1, 0.15) is 10.6 Å². The highest BCUT2D eigenvalue weighted by Crippen LogP contribution is 2.38. The fourth-order valence-corrected chi connectivity index (χ4v) is 6.22. The summed E-state index contributed by atoms with van der Waals surface area (Å²) in [6.45, 7) is 0.164. The number of sulfonamides is 2. The van der Waals surface area contributed by atoms with E-state index in [0.29, 0.717) is 18.9 Å². The van der Waals surface area contributed by atoms with E-state index in [4.69, 9.17) is 16.3 Å². The van der Waals surface area contributed by atoms with E-state index in [2.05, 4.69) is 0 Å². The molecule has 1 saturated heterocycles. The zero-order valence-corrected chi connectivity index (χ0v) is 18.5. The molecule has 2 aromatic rings. The Kier molecular flexibility index (Phi) is 6.36. The third-order valence-electron chi connectivity index (χ3n) is 4.61. The van der Waals surface area contributed by atoms with Gasteiger partial charge in [-0.2, -0.15) is 13.2 Å². The Labute approximate surface area is 182 Å². The molecule has 0 unspecified atom stereocenters. The van der Waals surface area contributed by atoms with Crippen molar-refractivity contribution in [3.05, 3.63) is 47.0 Å². The molecular formula is C18H18ClF3N2O5S2. The molecule has 0 radical (unpaired) electrons. The first-order valence-electron chi connectivity index (χ1n) is 8.93. The van der Waals surface area contributed by atoms with Crippen LogP contribution in [0.15, 0.2) is 41.3 Å². The second-order valence-corrected chi connectivity index (χ2v) is 10.8. The topological polar surface area (TPSA) is 92.8 Å². The summed E-state index contributed by atoms with van der Waals surface area (Å²) in [4.78, 5) is -0.503. The molecule has 1 aliphatic heterocycles. The number of anilines is 2. The normalized spacial score (nSPS) is 16.7. The number of rotatable bonds is 5. The Morgan fingerprint density at radius 3 is 2.45 bits per heavy atom. The predicted molar refractivity (Wildman–Crippen MR) is 111 cm³/mol. The maximum Gasteiger partial charge on any atom is 0.418 e. The molecule has 0 aliphatic carbocycles. The number of methoxy groups -OCH3 is 1. The molecule has 170 valence electrons. The maximum absolute atomic E-state index is 13.4. The van der Waals surface area contributed by atoms with Crippen LogP contribution >= 0.6 is 11.6 Å². The van der Waals surface area contributed by atoms with Crippen LogP contribution in [0.2, 0.25) is 5.02 Å². The maximum atomic E-state index is 13.4. The average molecular weight is 499 g/mol. The minimum absolute atomic E-state index is 0.0769. The van der Waals surface area contributed by atoms with Crippen LogP contribution in [0.25, 0.3) is 0 Å². The average Bonchev–Trinajstić information content (AvgIpc) is 2.67. The first-order valence-corrected chi connectivity index (χ1v) is 12.4. The van der Waals surface area contributed by atoms with Crippen molar-refractivity contribution in [2.24, 2.45) is 0 Å². The highest BCUT2D eigenvalue weighted by molar-refractivity contribution is 7.93. The Morgan fingerprint density at radius 2 is 1.84 bits per heavy atom. The number of nitrogens with one attached hydrogen (secondary N) is 1. The zero-order valence-electron chi connectivity index (χ0n) is 16.1. The van der Waals surface area contributed by atoms with Crippen molar-refractivity contribution in [3.8, 4) is 5.75 Å². The molecule has 1 N–H and O–H groups in total. The molecule has 1 heterocycles. The summed E-state index contributed by atoms with van der Waals surface area (Å²) >= 11 is 5.63. The van der Waals surface area contributed by atoms with Crippen molar-refractivity contribution in [3.63, 3.8) is 0 Å². The second-order valence-electron chi connectivity index (χ2n) is 6.72. The number of benzene rings is 2. The molecule has 3 rings (SSSR count). The zero-order chi connectivity index (χ0) is 23.0. The van der Waals surface area contributed by atoms with Gasteiger partial charge in [-0.15, -0.1) is 0 Å². The standard InChI is InChI=1S/C18H18ClF3N2O5S2/c1-29-16-7-5-13(24-8-2-3-9-30(24,25)26)11-17(16)31(27,28)23-15-6-4-12(19)10-14(15)18(20,21)22/h4-7,10-11,23H,2-3,8-9H2,1H3. The van der Waals surface area contributed by atoms with Crippen molar-refractivity contribution in [2.75, 3.05) is 28.4 Å².